The van der Waals surface area contributed by atoms with Crippen molar-refractivity contribution in [3.63, 3.8) is 0 Å². The van der Waals surface area contributed by atoms with Crippen LogP contribution in [-0.4, -0.2) is 42.3 Å². The van der Waals surface area contributed by atoms with Crippen LogP contribution in [0.2, 0.25) is 5.02 Å². The van der Waals surface area contributed by atoms with Gasteiger partial charge in [0, 0.05) is 37.4 Å². The molecule has 1 aliphatic heterocycles. The van der Waals surface area contributed by atoms with E-state index in [1.165, 1.54) is 44.9 Å². The van der Waals surface area contributed by atoms with Gasteiger partial charge in [-0.1, -0.05) is 29.8 Å². The molecule has 196 valence electrons. The first-order valence-electron chi connectivity index (χ1n) is 13.9. The lowest BCUT2D eigenvalue weighted by Gasteiger charge is -2.60. The predicted molar refractivity (Wildman–Crippen MR) is 145 cm³/mol. The first kappa shape index (κ1) is 24.9. The number of hydrogen-bond acceptors (Lipinski definition) is 7. The van der Waals surface area contributed by atoms with Crippen molar-refractivity contribution in [1.29, 1.82) is 5.26 Å². The fourth-order valence-electron chi connectivity index (χ4n) is 7.77. The minimum atomic E-state index is 0.302. The molecular formula is C29H37ClN6O. The van der Waals surface area contributed by atoms with Gasteiger partial charge in [-0.2, -0.15) is 10.2 Å². The average Bonchev–Trinajstić information content (AvgIpc) is 2.91. The van der Waals surface area contributed by atoms with E-state index in [-0.39, 0.29) is 0 Å². The van der Waals surface area contributed by atoms with E-state index < -0.39 is 0 Å². The van der Waals surface area contributed by atoms with Crippen LogP contribution in [0.3, 0.4) is 0 Å². The van der Waals surface area contributed by atoms with Gasteiger partial charge in [0.25, 0.3) is 0 Å². The molecule has 3 unspecified atom stereocenters. The lowest BCUT2D eigenvalue weighted by atomic mass is 9.48. The summed E-state index contributed by atoms with van der Waals surface area (Å²) in [5.74, 6) is 4.27. The van der Waals surface area contributed by atoms with Crippen molar-refractivity contribution in [2.75, 3.05) is 36.9 Å². The zero-order valence-corrected chi connectivity index (χ0v) is 22.1. The van der Waals surface area contributed by atoms with Crippen molar-refractivity contribution in [3.8, 4) is 6.07 Å². The largest absolute Gasteiger partial charge is 0.381 e. The number of nitriles is 1. The summed E-state index contributed by atoms with van der Waals surface area (Å²) in [5, 5.41) is 21.3. The Morgan fingerprint density at radius 1 is 1.08 bits per heavy atom. The Balaban J connectivity index is 1.09. The smallest absolute Gasteiger partial charge is 0.224 e. The summed E-state index contributed by atoms with van der Waals surface area (Å²) in [6, 6.07) is 10.7. The van der Waals surface area contributed by atoms with Crippen LogP contribution in [-0.2, 0) is 11.3 Å². The highest BCUT2D eigenvalue weighted by Gasteiger charge is 2.55. The molecule has 0 amide bonds. The molecule has 4 bridgehead atoms. The molecule has 3 N–H and O–H groups in total. The summed E-state index contributed by atoms with van der Waals surface area (Å²) in [5.41, 5.74) is 1.78. The Morgan fingerprint density at radius 3 is 2.62 bits per heavy atom. The summed E-state index contributed by atoms with van der Waals surface area (Å²) < 4.78 is 5.55. The molecule has 5 fully saturated rings. The minimum Gasteiger partial charge on any atom is -0.381 e. The first-order valence-corrected chi connectivity index (χ1v) is 14.3. The van der Waals surface area contributed by atoms with E-state index in [1.54, 1.807) is 6.20 Å². The van der Waals surface area contributed by atoms with Gasteiger partial charge in [0.05, 0.1) is 6.20 Å². The highest BCUT2D eigenvalue weighted by atomic mass is 35.5. The molecule has 1 aromatic carbocycles. The van der Waals surface area contributed by atoms with E-state index in [4.69, 9.17) is 16.3 Å². The Labute approximate surface area is 224 Å². The van der Waals surface area contributed by atoms with Crippen LogP contribution in [0, 0.1) is 40.4 Å². The molecule has 2 heterocycles. The molecule has 8 heteroatoms. The molecule has 7 nitrogen and oxygen atoms in total. The summed E-state index contributed by atoms with van der Waals surface area (Å²) in [6.07, 6.45) is 10.6. The van der Waals surface area contributed by atoms with Gasteiger partial charge in [0.15, 0.2) is 0 Å². The van der Waals surface area contributed by atoms with Gasteiger partial charge in [0.2, 0.25) is 5.95 Å². The molecule has 2 aromatic rings. The molecule has 5 atom stereocenters. The molecule has 0 radical (unpaired) electrons. The standard InChI is InChI=1S/C29H37ClN6O/c30-25-4-2-1-3-21(25)16-33-28-34-17-24(14-31)27(36-28)35-18-29-11-20-9-22(12-29)26(23(10-20)13-29)32-15-19-5-7-37-8-6-19/h1-4,17,19-20,22-23,26,32H,5-13,15-16,18H2,(H2,33,34,35,36)/t20?,22-,23+,26?,29?. The van der Waals surface area contributed by atoms with Gasteiger partial charge in [-0.3, -0.25) is 0 Å². The number of nitrogens with one attached hydrogen (secondary N) is 3. The third-order valence-electron chi connectivity index (χ3n) is 9.32. The fourth-order valence-corrected chi connectivity index (χ4v) is 7.97. The molecule has 4 saturated carbocycles. The van der Waals surface area contributed by atoms with Crippen molar-refractivity contribution >= 4 is 23.4 Å². The molecular weight excluding hydrogens is 484 g/mol. The van der Waals surface area contributed by atoms with Crippen molar-refractivity contribution in [1.82, 2.24) is 15.3 Å². The second kappa shape index (κ2) is 10.8. The molecule has 1 aromatic heterocycles. The lowest BCUT2D eigenvalue weighted by Crippen LogP contribution is -2.60. The van der Waals surface area contributed by atoms with E-state index in [0.29, 0.717) is 40.4 Å². The van der Waals surface area contributed by atoms with E-state index in [2.05, 4.69) is 32.0 Å². The number of rotatable bonds is 9. The van der Waals surface area contributed by atoms with Crippen molar-refractivity contribution in [3.05, 3.63) is 46.6 Å². The third-order valence-corrected chi connectivity index (χ3v) is 9.69. The number of benzene rings is 1. The monoisotopic (exact) mass is 520 g/mol. The van der Waals surface area contributed by atoms with Gasteiger partial charge in [-0.25, -0.2) is 4.98 Å². The third kappa shape index (κ3) is 5.43. The highest BCUT2D eigenvalue weighted by Crippen LogP contribution is 2.60. The van der Waals surface area contributed by atoms with Gasteiger partial charge in [0.1, 0.15) is 17.5 Å². The summed E-state index contributed by atoms with van der Waals surface area (Å²) in [6.45, 7) is 4.39. The molecule has 7 rings (SSSR count). The maximum Gasteiger partial charge on any atom is 0.224 e. The normalized spacial score (nSPS) is 30.7. The summed E-state index contributed by atoms with van der Waals surface area (Å²) >= 11 is 6.29. The van der Waals surface area contributed by atoms with Crippen LogP contribution in [0.1, 0.15) is 56.1 Å². The summed E-state index contributed by atoms with van der Waals surface area (Å²) in [7, 11) is 0. The number of hydrogen-bond donors (Lipinski definition) is 3. The average molecular weight is 521 g/mol. The van der Waals surface area contributed by atoms with Crippen LogP contribution >= 0.6 is 11.6 Å². The molecule has 1 saturated heterocycles. The Kier molecular flexibility index (Phi) is 7.25. The van der Waals surface area contributed by atoms with Gasteiger partial charge < -0.3 is 20.7 Å². The second-order valence-corrected chi connectivity index (χ2v) is 12.2. The lowest BCUT2D eigenvalue weighted by molar-refractivity contribution is -0.0709. The summed E-state index contributed by atoms with van der Waals surface area (Å²) in [4.78, 5) is 9.03. The van der Waals surface area contributed by atoms with Crippen LogP contribution < -0.4 is 16.0 Å². The Morgan fingerprint density at radius 2 is 1.86 bits per heavy atom. The molecule has 5 aliphatic rings. The van der Waals surface area contributed by atoms with Gasteiger partial charge in [-0.05, 0) is 92.2 Å². The topological polar surface area (TPSA) is 94.9 Å². The zero-order chi connectivity index (χ0) is 25.2. The number of ether oxygens (including phenoxy) is 1. The van der Waals surface area contributed by atoms with Gasteiger partial charge in [-0.15, -0.1) is 0 Å². The number of halogens is 1. The van der Waals surface area contributed by atoms with Crippen LogP contribution in [0.25, 0.3) is 0 Å². The van der Waals surface area contributed by atoms with Crippen LogP contribution in [0.4, 0.5) is 11.8 Å². The quantitative estimate of drug-likeness (QED) is 0.416. The maximum absolute atomic E-state index is 9.69. The molecule has 0 spiro atoms. The molecule has 4 aliphatic carbocycles. The minimum absolute atomic E-state index is 0.302. The van der Waals surface area contributed by atoms with E-state index in [1.807, 2.05) is 24.3 Å². The number of aromatic nitrogens is 2. The van der Waals surface area contributed by atoms with E-state index in [9.17, 15) is 5.26 Å². The fraction of sp³-hybridized carbons (Fsp3) is 0.621. The van der Waals surface area contributed by atoms with Crippen molar-refractivity contribution in [2.24, 2.45) is 29.1 Å². The number of anilines is 2. The van der Waals surface area contributed by atoms with E-state index in [0.717, 1.165) is 55.5 Å². The van der Waals surface area contributed by atoms with Crippen LogP contribution in [0.5, 0.6) is 0 Å². The molecule has 37 heavy (non-hydrogen) atoms. The van der Waals surface area contributed by atoms with Crippen molar-refractivity contribution in [2.45, 2.75) is 57.5 Å². The maximum atomic E-state index is 9.69. The zero-order valence-electron chi connectivity index (χ0n) is 21.4. The van der Waals surface area contributed by atoms with E-state index >= 15 is 0 Å². The Bertz CT molecular complexity index is 1130. The first-order chi connectivity index (χ1) is 18.1. The Hall–Kier alpha value is -2.40. The SMILES string of the molecule is N#Cc1cnc(NCc2ccccc2Cl)nc1NCC12CC3C[C@H](C1)C(NCC1CCOCC1)[C@@H](C3)C2. The second-order valence-electron chi connectivity index (χ2n) is 11.8. The number of nitrogens with zero attached hydrogens (tertiary/aromatic N) is 3. The predicted octanol–water partition coefficient (Wildman–Crippen LogP) is 5.24. The van der Waals surface area contributed by atoms with Gasteiger partial charge >= 0.3 is 0 Å². The highest BCUT2D eigenvalue weighted by molar-refractivity contribution is 6.31. The van der Waals surface area contributed by atoms with Crippen LogP contribution in [0.15, 0.2) is 30.5 Å². The van der Waals surface area contributed by atoms with Crippen molar-refractivity contribution < 1.29 is 4.74 Å².